The molecular weight excluding hydrogens is 422 g/mol. The zero-order valence-electron chi connectivity index (χ0n) is 15.2. The molecule has 6 nitrogen and oxygen atoms in total. The van der Waals surface area contributed by atoms with Crippen LogP contribution < -0.4 is 4.90 Å². The molecule has 1 fully saturated rings. The molecule has 1 saturated heterocycles. The Balaban J connectivity index is 1.59. The van der Waals surface area contributed by atoms with E-state index < -0.39 is 22.3 Å². The zero-order valence-corrected chi connectivity index (χ0v) is 16.7. The first-order chi connectivity index (χ1) is 13.9. The molecular formula is C19H17ClF2N4O2S. The van der Waals surface area contributed by atoms with Crippen LogP contribution in [0.25, 0.3) is 10.9 Å². The third-order valence-electron chi connectivity index (χ3n) is 4.79. The molecule has 0 bridgehead atoms. The molecule has 1 aliphatic heterocycles. The van der Waals surface area contributed by atoms with Crippen molar-refractivity contribution in [2.75, 3.05) is 31.1 Å². The van der Waals surface area contributed by atoms with Crippen molar-refractivity contribution in [3.05, 3.63) is 59.4 Å². The maximum atomic E-state index is 13.2. The molecule has 3 aromatic rings. The van der Waals surface area contributed by atoms with Gasteiger partial charge in [-0.05, 0) is 36.4 Å². The van der Waals surface area contributed by atoms with Crippen molar-refractivity contribution in [3.63, 3.8) is 0 Å². The van der Waals surface area contributed by atoms with E-state index in [1.54, 1.807) is 24.3 Å². The molecule has 0 N–H and O–H groups in total. The highest BCUT2D eigenvalue weighted by Gasteiger charge is 2.30. The van der Waals surface area contributed by atoms with E-state index in [0.29, 0.717) is 34.8 Å². The lowest BCUT2D eigenvalue weighted by Gasteiger charge is -2.35. The Hall–Kier alpha value is -2.36. The van der Waals surface area contributed by atoms with Gasteiger partial charge in [0.15, 0.2) is 5.82 Å². The number of para-hydroxylation sites is 1. The highest BCUT2D eigenvalue weighted by molar-refractivity contribution is 7.89. The Labute approximate surface area is 171 Å². The van der Waals surface area contributed by atoms with Crippen LogP contribution in [-0.4, -0.2) is 48.9 Å². The highest BCUT2D eigenvalue weighted by Crippen LogP contribution is 2.29. The summed E-state index contributed by atoms with van der Waals surface area (Å²) in [5, 5.41) is 1.12. The highest BCUT2D eigenvalue weighted by atomic mass is 35.5. The molecule has 10 heteroatoms. The number of rotatable bonds is 4. The van der Waals surface area contributed by atoms with E-state index >= 15 is 0 Å². The Kier molecular flexibility index (Phi) is 5.37. The van der Waals surface area contributed by atoms with Crippen LogP contribution in [0.4, 0.5) is 14.6 Å². The number of aromatic nitrogens is 2. The van der Waals surface area contributed by atoms with Crippen molar-refractivity contribution >= 4 is 38.3 Å². The molecule has 1 aromatic heterocycles. The van der Waals surface area contributed by atoms with Gasteiger partial charge < -0.3 is 4.90 Å². The van der Waals surface area contributed by atoms with Gasteiger partial charge in [0.25, 0.3) is 6.43 Å². The van der Waals surface area contributed by atoms with Gasteiger partial charge in [0.1, 0.15) is 5.82 Å². The molecule has 0 saturated carbocycles. The Morgan fingerprint density at radius 1 is 0.931 bits per heavy atom. The van der Waals surface area contributed by atoms with Gasteiger partial charge in [-0.25, -0.2) is 27.2 Å². The number of piperazine rings is 1. The number of anilines is 1. The van der Waals surface area contributed by atoms with E-state index in [0.717, 1.165) is 0 Å². The van der Waals surface area contributed by atoms with Gasteiger partial charge in [0, 0.05) is 36.6 Å². The summed E-state index contributed by atoms with van der Waals surface area (Å²) < 4.78 is 53.5. The van der Waals surface area contributed by atoms with Crippen molar-refractivity contribution < 1.29 is 17.2 Å². The third-order valence-corrected chi connectivity index (χ3v) is 6.95. The average Bonchev–Trinajstić information content (AvgIpc) is 2.73. The number of benzene rings is 2. The van der Waals surface area contributed by atoms with E-state index in [9.17, 15) is 17.2 Å². The average molecular weight is 439 g/mol. The molecule has 0 amide bonds. The van der Waals surface area contributed by atoms with Gasteiger partial charge in [-0.15, -0.1) is 0 Å². The molecule has 0 unspecified atom stereocenters. The summed E-state index contributed by atoms with van der Waals surface area (Å²) in [7, 11) is -3.65. The second-order valence-corrected chi connectivity index (χ2v) is 8.94. The number of sulfonamides is 1. The Morgan fingerprint density at radius 2 is 1.59 bits per heavy atom. The zero-order chi connectivity index (χ0) is 20.6. The van der Waals surface area contributed by atoms with Gasteiger partial charge in [-0.3, -0.25) is 0 Å². The monoisotopic (exact) mass is 438 g/mol. The van der Waals surface area contributed by atoms with Crippen LogP contribution in [0.1, 0.15) is 12.2 Å². The van der Waals surface area contributed by atoms with Crippen LogP contribution in [-0.2, 0) is 10.0 Å². The Morgan fingerprint density at radius 3 is 2.24 bits per heavy atom. The van der Waals surface area contributed by atoms with E-state index in [-0.39, 0.29) is 18.0 Å². The number of hydrogen-bond donors (Lipinski definition) is 0. The standard InChI is InChI=1S/C19H17ClF2N4O2S/c20-13-5-7-14(8-6-13)29(27,28)26-11-9-25(10-12-26)19-15-3-1-2-4-16(15)23-18(24-19)17(21)22/h1-8,17H,9-12H2. The second-order valence-electron chi connectivity index (χ2n) is 6.57. The van der Waals surface area contributed by atoms with Crippen LogP contribution in [0.15, 0.2) is 53.4 Å². The van der Waals surface area contributed by atoms with Gasteiger partial charge in [0.2, 0.25) is 10.0 Å². The second kappa shape index (κ2) is 7.81. The predicted octanol–water partition coefficient (Wildman–Crippen LogP) is 3.73. The SMILES string of the molecule is O=S(=O)(c1ccc(Cl)cc1)N1CCN(c2nc(C(F)F)nc3ccccc23)CC1. The summed E-state index contributed by atoms with van der Waals surface area (Å²) >= 11 is 5.84. The first kappa shape index (κ1) is 19.9. The fourth-order valence-electron chi connectivity index (χ4n) is 3.31. The molecule has 0 radical (unpaired) electrons. The topological polar surface area (TPSA) is 66.4 Å². The van der Waals surface area contributed by atoms with Crippen molar-refractivity contribution in [3.8, 4) is 0 Å². The summed E-state index contributed by atoms with van der Waals surface area (Å²) in [5.41, 5.74) is 0.434. The molecule has 0 atom stereocenters. The van der Waals surface area contributed by atoms with Gasteiger partial charge in [-0.1, -0.05) is 23.7 Å². The summed E-state index contributed by atoms with van der Waals surface area (Å²) in [5.74, 6) is -0.135. The van der Waals surface area contributed by atoms with E-state index in [1.165, 1.54) is 28.6 Å². The van der Waals surface area contributed by atoms with E-state index in [4.69, 9.17) is 11.6 Å². The molecule has 1 aliphatic rings. The van der Waals surface area contributed by atoms with Crippen LogP contribution in [0.3, 0.4) is 0 Å². The van der Waals surface area contributed by atoms with E-state index in [1.807, 2.05) is 4.90 Å². The van der Waals surface area contributed by atoms with Gasteiger partial charge >= 0.3 is 0 Å². The van der Waals surface area contributed by atoms with Gasteiger partial charge in [0.05, 0.1) is 10.4 Å². The van der Waals surface area contributed by atoms with Crippen LogP contribution in [0.5, 0.6) is 0 Å². The largest absolute Gasteiger partial charge is 0.353 e. The van der Waals surface area contributed by atoms with Crippen molar-refractivity contribution in [2.45, 2.75) is 11.3 Å². The number of nitrogens with zero attached hydrogens (tertiary/aromatic N) is 4. The lowest BCUT2D eigenvalue weighted by Crippen LogP contribution is -2.49. The lowest BCUT2D eigenvalue weighted by atomic mass is 10.2. The number of fused-ring (bicyclic) bond motifs is 1. The quantitative estimate of drug-likeness (QED) is 0.621. The van der Waals surface area contributed by atoms with Crippen LogP contribution in [0.2, 0.25) is 5.02 Å². The molecule has 0 spiro atoms. The van der Waals surface area contributed by atoms with Crippen LogP contribution >= 0.6 is 11.6 Å². The van der Waals surface area contributed by atoms with Crippen LogP contribution in [0, 0.1) is 0 Å². The van der Waals surface area contributed by atoms with Crippen molar-refractivity contribution in [2.24, 2.45) is 0 Å². The molecule has 2 heterocycles. The first-order valence-corrected chi connectivity index (χ1v) is 10.7. The van der Waals surface area contributed by atoms with Crippen molar-refractivity contribution in [1.82, 2.24) is 14.3 Å². The fraction of sp³-hybridized carbons (Fsp3) is 0.263. The minimum Gasteiger partial charge on any atom is -0.353 e. The normalized spacial score (nSPS) is 15.9. The minimum absolute atomic E-state index is 0.169. The predicted molar refractivity (Wildman–Crippen MR) is 107 cm³/mol. The smallest absolute Gasteiger partial charge is 0.297 e. The maximum absolute atomic E-state index is 13.2. The first-order valence-electron chi connectivity index (χ1n) is 8.92. The molecule has 152 valence electrons. The maximum Gasteiger partial charge on any atom is 0.297 e. The van der Waals surface area contributed by atoms with Crippen molar-refractivity contribution in [1.29, 1.82) is 0 Å². The number of alkyl halides is 2. The number of halogens is 3. The molecule has 29 heavy (non-hydrogen) atoms. The fourth-order valence-corrected chi connectivity index (χ4v) is 4.86. The Bertz CT molecular complexity index is 1130. The third kappa shape index (κ3) is 3.90. The van der Waals surface area contributed by atoms with E-state index in [2.05, 4.69) is 9.97 Å². The molecule has 0 aliphatic carbocycles. The summed E-state index contributed by atoms with van der Waals surface area (Å²) in [4.78, 5) is 9.98. The summed E-state index contributed by atoms with van der Waals surface area (Å²) in [6.45, 7) is 1.09. The summed E-state index contributed by atoms with van der Waals surface area (Å²) in [6.07, 6.45) is -2.79. The summed E-state index contributed by atoms with van der Waals surface area (Å²) in [6, 6.07) is 13.0. The lowest BCUT2D eigenvalue weighted by molar-refractivity contribution is 0.141. The minimum atomic E-state index is -3.65. The number of hydrogen-bond acceptors (Lipinski definition) is 5. The molecule has 4 rings (SSSR count). The van der Waals surface area contributed by atoms with Gasteiger partial charge in [-0.2, -0.15) is 4.31 Å². The molecule has 2 aromatic carbocycles.